The van der Waals surface area contributed by atoms with Gasteiger partial charge in [0.1, 0.15) is 6.04 Å². The highest BCUT2D eigenvalue weighted by atomic mass is 35.5. The van der Waals surface area contributed by atoms with Gasteiger partial charge in [-0.15, -0.1) is 12.4 Å². The number of alkyl halides is 3. The third-order valence-corrected chi connectivity index (χ3v) is 4.19. The highest BCUT2D eigenvalue weighted by Crippen LogP contribution is 2.24. The number of amides is 1. The normalized spacial score (nSPS) is 16.5. The average molecular weight is 394 g/mol. The minimum absolute atomic E-state index is 0. The number of halogens is 4. The molecule has 1 saturated heterocycles. The van der Waals surface area contributed by atoms with Crippen molar-refractivity contribution < 1.29 is 22.8 Å². The van der Waals surface area contributed by atoms with Crippen molar-refractivity contribution in [3.05, 3.63) is 35.4 Å². The Bertz CT molecular complexity index is 602. The molecule has 0 radical (unpaired) electrons. The topological polar surface area (TPSA) is 61.4 Å². The maximum Gasteiger partial charge on any atom is 0.405 e. The van der Waals surface area contributed by atoms with Gasteiger partial charge in [0.15, 0.2) is 5.78 Å². The SMILES string of the molecule is CC(=O)c1ccc(CC(=O)NCC(N2CCNCC2)C(F)(F)F)cc1.Cl. The van der Waals surface area contributed by atoms with Gasteiger partial charge < -0.3 is 10.6 Å². The van der Waals surface area contributed by atoms with Crippen LogP contribution in [0.1, 0.15) is 22.8 Å². The van der Waals surface area contributed by atoms with Crippen LogP contribution in [0.5, 0.6) is 0 Å². The van der Waals surface area contributed by atoms with Crippen LogP contribution < -0.4 is 10.6 Å². The zero-order chi connectivity index (χ0) is 18.4. The molecule has 0 spiro atoms. The second kappa shape index (κ2) is 9.89. The molecule has 1 heterocycles. The van der Waals surface area contributed by atoms with Gasteiger partial charge in [-0.3, -0.25) is 14.5 Å². The van der Waals surface area contributed by atoms with E-state index in [0.717, 1.165) is 0 Å². The Balaban J connectivity index is 0.00000338. The molecule has 0 saturated carbocycles. The molecule has 9 heteroatoms. The van der Waals surface area contributed by atoms with Gasteiger partial charge in [0.25, 0.3) is 0 Å². The van der Waals surface area contributed by atoms with Gasteiger partial charge in [0, 0.05) is 38.3 Å². The van der Waals surface area contributed by atoms with E-state index < -0.39 is 24.7 Å². The fourth-order valence-corrected chi connectivity index (χ4v) is 2.76. The highest BCUT2D eigenvalue weighted by Gasteiger charge is 2.43. The predicted octanol–water partition coefficient (Wildman–Crippen LogP) is 1.81. The van der Waals surface area contributed by atoms with Gasteiger partial charge in [0.05, 0.1) is 6.42 Å². The van der Waals surface area contributed by atoms with E-state index >= 15 is 0 Å². The Morgan fingerprint density at radius 3 is 2.27 bits per heavy atom. The summed E-state index contributed by atoms with van der Waals surface area (Å²) in [5.41, 5.74) is 1.17. The molecule has 0 aliphatic carbocycles. The van der Waals surface area contributed by atoms with E-state index in [4.69, 9.17) is 0 Å². The lowest BCUT2D eigenvalue weighted by Gasteiger charge is -2.35. The summed E-state index contributed by atoms with van der Waals surface area (Å²) >= 11 is 0. The number of nitrogens with one attached hydrogen (secondary N) is 2. The fourth-order valence-electron chi connectivity index (χ4n) is 2.76. The van der Waals surface area contributed by atoms with Crippen LogP contribution in [0.4, 0.5) is 13.2 Å². The van der Waals surface area contributed by atoms with Crippen molar-refractivity contribution in [2.24, 2.45) is 0 Å². The van der Waals surface area contributed by atoms with E-state index in [1.807, 2.05) is 0 Å². The van der Waals surface area contributed by atoms with Crippen LogP contribution in [0.25, 0.3) is 0 Å². The lowest BCUT2D eigenvalue weighted by atomic mass is 10.1. The number of nitrogens with zero attached hydrogens (tertiary/aromatic N) is 1. The molecule has 2 rings (SSSR count). The lowest BCUT2D eigenvalue weighted by molar-refractivity contribution is -0.184. The molecule has 1 fully saturated rings. The summed E-state index contributed by atoms with van der Waals surface area (Å²) in [7, 11) is 0. The molecule has 1 unspecified atom stereocenters. The molecular weight excluding hydrogens is 371 g/mol. The number of benzene rings is 1. The standard InChI is InChI=1S/C17H22F3N3O2.ClH/c1-12(24)14-4-2-13(3-5-14)10-16(25)22-11-15(17(18,19)20)23-8-6-21-7-9-23;/h2-5,15,21H,6-11H2,1H3,(H,22,25);1H. The van der Waals surface area contributed by atoms with Gasteiger partial charge >= 0.3 is 6.18 Å². The zero-order valence-electron chi connectivity index (χ0n) is 14.4. The summed E-state index contributed by atoms with van der Waals surface area (Å²) in [4.78, 5) is 24.5. The third-order valence-electron chi connectivity index (χ3n) is 4.19. The summed E-state index contributed by atoms with van der Waals surface area (Å²) in [5, 5.41) is 5.40. The second-order valence-corrected chi connectivity index (χ2v) is 6.08. The molecule has 1 amide bonds. The van der Waals surface area contributed by atoms with Crippen molar-refractivity contribution in [1.82, 2.24) is 15.5 Å². The summed E-state index contributed by atoms with van der Waals surface area (Å²) in [6.45, 7) is 2.58. The molecule has 2 N–H and O–H groups in total. The first-order valence-electron chi connectivity index (χ1n) is 8.15. The summed E-state index contributed by atoms with van der Waals surface area (Å²) in [5.74, 6) is -0.556. The van der Waals surface area contributed by atoms with Crippen molar-refractivity contribution in [3.63, 3.8) is 0 Å². The molecule has 1 aromatic carbocycles. The predicted molar refractivity (Wildman–Crippen MR) is 94.7 cm³/mol. The number of hydrogen-bond donors (Lipinski definition) is 2. The Hall–Kier alpha value is -1.64. The van der Waals surface area contributed by atoms with Gasteiger partial charge in [-0.1, -0.05) is 24.3 Å². The van der Waals surface area contributed by atoms with Crippen LogP contribution in [0.3, 0.4) is 0 Å². The minimum atomic E-state index is -4.40. The largest absolute Gasteiger partial charge is 0.405 e. The molecule has 146 valence electrons. The van der Waals surface area contributed by atoms with E-state index in [1.54, 1.807) is 24.3 Å². The Labute approximate surface area is 156 Å². The first-order valence-corrected chi connectivity index (χ1v) is 8.15. The number of piperazine rings is 1. The van der Waals surface area contributed by atoms with Crippen molar-refractivity contribution in [3.8, 4) is 0 Å². The summed E-state index contributed by atoms with van der Waals surface area (Å²) in [6.07, 6.45) is -4.42. The van der Waals surface area contributed by atoms with E-state index in [2.05, 4.69) is 10.6 Å². The molecule has 1 aliphatic rings. The average Bonchev–Trinajstić information content (AvgIpc) is 2.55. The van der Waals surface area contributed by atoms with Crippen LogP contribution in [0, 0.1) is 0 Å². The first-order chi connectivity index (χ1) is 11.8. The molecule has 1 atom stereocenters. The number of carbonyl (C=O) groups is 2. The highest BCUT2D eigenvalue weighted by molar-refractivity contribution is 5.94. The monoisotopic (exact) mass is 393 g/mol. The number of carbonyl (C=O) groups excluding carboxylic acids is 2. The number of hydrogen-bond acceptors (Lipinski definition) is 4. The summed E-state index contributed by atoms with van der Waals surface area (Å²) < 4.78 is 39.8. The van der Waals surface area contributed by atoms with Crippen LogP contribution in [0.2, 0.25) is 0 Å². The molecule has 5 nitrogen and oxygen atoms in total. The van der Waals surface area contributed by atoms with Gasteiger partial charge in [0.2, 0.25) is 5.91 Å². The Kier molecular flexibility index (Phi) is 8.52. The van der Waals surface area contributed by atoms with Crippen LogP contribution in [0.15, 0.2) is 24.3 Å². The van der Waals surface area contributed by atoms with E-state index in [9.17, 15) is 22.8 Å². The van der Waals surface area contributed by atoms with E-state index in [-0.39, 0.29) is 24.6 Å². The Morgan fingerprint density at radius 1 is 1.19 bits per heavy atom. The first kappa shape index (κ1) is 22.4. The number of ketones is 1. The molecule has 1 aliphatic heterocycles. The van der Waals surface area contributed by atoms with Gasteiger partial charge in [-0.2, -0.15) is 13.2 Å². The van der Waals surface area contributed by atoms with Crippen molar-refractivity contribution in [1.29, 1.82) is 0 Å². The number of rotatable bonds is 6. The Morgan fingerprint density at radius 2 is 1.77 bits per heavy atom. The van der Waals surface area contributed by atoms with Gasteiger partial charge in [-0.05, 0) is 12.5 Å². The van der Waals surface area contributed by atoms with Crippen molar-refractivity contribution in [2.75, 3.05) is 32.7 Å². The molecule has 0 bridgehead atoms. The maximum atomic E-state index is 13.3. The van der Waals surface area contributed by atoms with E-state index in [0.29, 0.717) is 37.3 Å². The van der Waals surface area contributed by atoms with Crippen LogP contribution in [-0.2, 0) is 11.2 Å². The molecular formula is C17H23ClF3N3O2. The summed E-state index contributed by atoms with van der Waals surface area (Å²) in [6, 6.07) is 4.79. The van der Waals surface area contributed by atoms with E-state index in [1.165, 1.54) is 11.8 Å². The molecule has 0 aromatic heterocycles. The smallest absolute Gasteiger partial charge is 0.354 e. The molecule has 26 heavy (non-hydrogen) atoms. The van der Waals surface area contributed by atoms with Crippen LogP contribution in [-0.4, -0.2) is 61.5 Å². The van der Waals surface area contributed by atoms with Crippen LogP contribution >= 0.6 is 12.4 Å². The fraction of sp³-hybridized carbons (Fsp3) is 0.529. The zero-order valence-corrected chi connectivity index (χ0v) is 15.3. The third kappa shape index (κ3) is 6.59. The van der Waals surface area contributed by atoms with Crippen molar-refractivity contribution in [2.45, 2.75) is 25.6 Å². The minimum Gasteiger partial charge on any atom is -0.354 e. The lowest BCUT2D eigenvalue weighted by Crippen LogP contribution is -2.57. The number of Topliss-reactive ketones (excluding diaryl/α,β-unsaturated/α-hetero) is 1. The maximum absolute atomic E-state index is 13.3. The molecule has 1 aromatic rings. The quantitative estimate of drug-likeness (QED) is 0.724. The van der Waals surface area contributed by atoms with Crippen molar-refractivity contribution >= 4 is 24.1 Å². The second-order valence-electron chi connectivity index (χ2n) is 6.08. The van der Waals surface area contributed by atoms with Gasteiger partial charge in [-0.25, -0.2) is 0 Å².